The van der Waals surface area contributed by atoms with E-state index >= 15 is 0 Å². The first kappa shape index (κ1) is 13.8. The highest BCUT2D eigenvalue weighted by Gasteiger charge is 1.96. The Morgan fingerprint density at radius 2 is 1.82 bits per heavy atom. The summed E-state index contributed by atoms with van der Waals surface area (Å²) in [4.78, 5) is 0. The van der Waals surface area contributed by atoms with Crippen molar-refractivity contribution in [2.75, 3.05) is 25.1 Å². The molecule has 1 aromatic rings. The third-order valence-corrected chi connectivity index (χ3v) is 2.21. The van der Waals surface area contributed by atoms with Crippen LogP contribution in [0.3, 0.4) is 0 Å². The molecule has 17 heavy (non-hydrogen) atoms. The summed E-state index contributed by atoms with van der Waals surface area (Å²) in [5.74, 6) is 0.927. The Labute approximate surface area is 104 Å². The summed E-state index contributed by atoms with van der Waals surface area (Å²) in [6, 6.07) is 8.03. The average molecular weight is 237 g/mol. The van der Waals surface area contributed by atoms with Gasteiger partial charge < -0.3 is 14.8 Å². The van der Waals surface area contributed by atoms with Crippen molar-refractivity contribution in [3.63, 3.8) is 0 Å². The first-order valence-corrected chi connectivity index (χ1v) is 6.30. The highest BCUT2D eigenvalue weighted by atomic mass is 16.5. The van der Waals surface area contributed by atoms with E-state index in [1.165, 1.54) is 0 Å². The van der Waals surface area contributed by atoms with Crippen molar-refractivity contribution in [2.24, 2.45) is 0 Å². The van der Waals surface area contributed by atoms with Gasteiger partial charge in [0.25, 0.3) is 0 Å². The predicted molar refractivity (Wildman–Crippen MR) is 71.8 cm³/mol. The summed E-state index contributed by atoms with van der Waals surface area (Å²) < 4.78 is 11.0. The van der Waals surface area contributed by atoms with Crippen LogP contribution < -0.4 is 10.1 Å². The Bertz CT molecular complexity index is 296. The molecule has 0 aliphatic heterocycles. The van der Waals surface area contributed by atoms with Crippen molar-refractivity contribution in [3.05, 3.63) is 24.3 Å². The van der Waals surface area contributed by atoms with Crippen LogP contribution in [0.15, 0.2) is 24.3 Å². The fourth-order valence-corrected chi connectivity index (χ4v) is 1.38. The van der Waals surface area contributed by atoms with Crippen LogP contribution in [0.2, 0.25) is 0 Å². The first-order valence-electron chi connectivity index (χ1n) is 6.30. The summed E-state index contributed by atoms with van der Waals surface area (Å²) in [5.41, 5.74) is 1.10. The third kappa shape index (κ3) is 6.17. The van der Waals surface area contributed by atoms with E-state index in [1.54, 1.807) is 0 Å². The van der Waals surface area contributed by atoms with E-state index in [2.05, 4.69) is 12.2 Å². The molecule has 0 saturated heterocycles. The lowest BCUT2D eigenvalue weighted by molar-refractivity contribution is 0.0870. The Hall–Kier alpha value is -1.22. The van der Waals surface area contributed by atoms with E-state index < -0.39 is 0 Å². The van der Waals surface area contributed by atoms with Gasteiger partial charge in [-0.2, -0.15) is 0 Å². The van der Waals surface area contributed by atoms with E-state index in [9.17, 15) is 0 Å². The number of benzene rings is 1. The van der Waals surface area contributed by atoms with Crippen LogP contribution in [-0.2, 0) is 4.74 Å². The number of hydrogen-bond acceptors (Lipinski definition) is 3. The molecule has 3 heteroatoms. The second-order valence-electron chi connectivity index (χ2n) is 4.22. The van der Waals surface area contributed by atoms with Crippen molar-refractivity contribution in [2.45, 2.75) is 33.3 Å². The van der Waals surface area contributed by atoms with Gasteiger partial charge >= 0.3 is 0 Å². The molecule has 0 heterocycles. The van der Waals surface area contributed by atoms with Gasteiger partial charge in [0.2, 0.25) is 0 Å². The molecule has 1 rings (SSSR count). The molecule has 1 N–H and O–H groups in total. The fraction of sp³-hybridized carbons (Fsp3) is 0.571. The van der Waals surface area contributed by atoms with Gasteiger partial charge in [0.05, 0.1) is 19.3 Å². The number of anilines is 1. The standard InChI is InChI=1S/C14H23NO2/c1-4-10-17-14-7-5-13(6-8-14)15-9-11-16-12(2)3/h5-8,12,15H,4,9-11H2,1-3H3. The zero-order valence-electron chi connectivity index (χ0n) is 11.0. The van der Waals surface area contributed by atoms with Crippen LogP contribution in [0.25, 0.3) is 0 Å². The molecule has 0 atom stereocenters. The van der Waals surface area contributed by atoms with E-state index in [-0.39, 0.29) is 0 Å². The monoisotopic (exact) mass is 237 g/mol. The summed E-state index contributed by atoms with van der Waals surface area (Å²) in [7, 11) is 0. The molecule has 0 bridgehead atoms. The minimum atomic E-state index is 0.293. The SMILES string of the molecule is CCCOc1ccc(NCCOC(C)C)cc1. The maximum atomic E-state index is 5.51. The molecule has 0 radical (unpaired) electrons. The Kier molecular flexibility index (Phi) is 6.48. The zero-order valence-corrected chi connectivity index (χ0v) is 11.0. The number of rotatable bonds is 8. The molecule has 0 unspecified atom stereocenters. The predicted octanol–water partition coefficient (Wildman–Crippen LogP) is 3.31. The summed E-state index contributed by atoms with van der Waals surface area (Å²) in [5, 5.41) is 3.30. The fourth-order valence-electron chi connectivity index (χ4n) is 1.38. The Balaban J connectivity index is 2.25. The van der Waals surface area contributed by atoms with Crippen molar-refractivity contribution in [3.8, 4) is 5.75 Å². The topological polar surface area (TPSA) is 30.5 Å². The van der Waals surface area contributed by atoms with Crippen molar-refractivity contribution in [1.29, 1.82) is 0 Å². The van der Waals surface area contributed by atoms with E-state index in [1.807, 2.05) is 38.1 Å². The molecule has 96 valence electrons. The van der Waals surface area contributed by atoms with Gasteiger partial charge in [-0.25, -0.2) is 0 Å². The van der Waals surface area contributed by atoms with Gasteiger partial charge in [-0.05, 0) is 44.5 Å². The normalized spacial score (nSPS) is 10.6. The smallest absolute Gasteiger partial charge is 0.119 e. The molecule has 3 nitrogen and oxygen atoms in total. The second kappa shape index (κ2) is 7.96. The Morgan fingerprint density at radius 3 is 2.41 bits per heavy atom. The molecule has 0 saturated carbocycles. The molecule has 0 fully saturated rings. The highest BCUT2D eigenvalue weighted by molar-refractivity contribution is 5.46. The number of hydrogen-bond donors (Lipinski definition) is 1. The van der Waals surface area contributed by atoms with Crippen LogP contribution in [0, 0.1) is 0 Å². The minimum absolute atomic E-state index is 0.293. The van der Waals surface area contributed by atoms with Gasteiger partial charge in [-0.15, -0.1) is 0 Å². The maximum absolute atomic E-state index is 5.51. The van der Waals surface area contributed by atoms with Crippen molar-refractivity contribution >= 4 is 5.69 Å². The van der Waals surface area contributed by atoms with Crippen LogP contribution in [0.5, 0.6) is 5.75 Å². The highest BCUT2D eigenvalue weighted by Crippen LogP contribution is 2.15. The lowest BCUT2D eigenvalue weighted by Gasteiger charge is -2.10. The number of ether oxygens (including phenoxy) is 2. The minimum Gasteiger partial charge on any atom is -0.494 e. The van der Waals surface area contributed by atoms with Crippen molar-refractivity contribution < 1.29 is 9.47 Å². The van der Waals surface area contributed by atoms with Gasteiger partial charge in [-0.1, -0.05) is 6.92 Å². The van der Waals surface area contributed by atoms with E-state index in [4.69, 9.17) is 9.47 Å². The first-order chi connectivity index (χ1) is 8.22. The molecular formula is C14H23NO2. The zero-order chi connectivity index (χ0) is 12.5. The van der Waals surface area contributed by atoms with Gasteiger partial charge in [0, 0.05) is 12.2 Å². The van der Waals surface area contributed by atoms with Crippen LogP contribution in [0.4, 0.5) is 5.69 Å². The van der Waals surface area contributed by atoms with Crippen LogP contribution in [0.1, 0.15) is 27.2 Å². The molecule has 0 aliphatic carbocycles. The average Bonchev–Trinajstić information content (AvgIpc) is 2.33. The quantitative estimate of drug-likeness (QED) is 0.704. The number of nitrogens with one attached hydrogen (secondary N) is 1. The molecule has 0 aliphatic rings. The van der Waals surface area contributed by atoms with E-state index in [0.717, 1.165) is 37.6 Å². The van der Waals surface area contributed by atoms with Gasteiger partial charge in [-0.3, -0.25) is 0 Å². The van der Waals surface area contributed by atoms with Crippen molar-refractivity contribution in [1.82, 2.24) is 0 Å². The third-order valence-electron chi connectivity index (χ3n) is 2.21. The largest absolute Gasteiger partial charge is 0.494 e. The van der Waals surface area contributed by atoms with Crippen LogP contribution in [-0.4, -0.2) is 25.9 Å². The molecular weight excluding hydrogens is 214 g/mol. The lowest BCUT2D eigenvalue weighted by Crippen LogP contribution is -2.13. The summed E-state index contributed by atoms with van der Waals surface area (Å²) in [6.07, 6.45) is 1.33. The van der Waals surface area contributed by atoms with E-state index in [0.29, 0.717) is 6.10 Å². The molecule has 0 spiro atoms. The molecule has 1 aromatic carbocycles. The lowest BCUT2D eigenvalue weighted by atomic mass is 10.3. The summed E-state index contributed by atoms with van der Waals surface area (Å²) >= 11 is 0. The molecule has 0 aromatic heterocycles. The maximum Gasteiger partial charge on any atom is 0.119 e. The second-order valence-corrected chi connectivity index (χ2v) is 4.22. The molecule has 0 amide bonds. The van der Waals surface area contributed by atoms with Gasteiger partial charge in [0.1, 0.15) is 5.75 Å². The summed E-state index contributed by atoms with van der Waals surface area (Å²) in [6.45, 7) is 8.51. The van der Waals surface area contributed by atoms with Gasteiger partial charge in [0.15, 0.2) is 0 Å². The Morgan fingerprint density at radius 1 is 1.12 bits per heavy atom. The van der Waals surface area contributed by atoms with Crippen LogP contribution >= 0.6 is 0 Å².